The van der Waals surface area contributed by atoms with Crippen LogP contribution in [0, 0.1) is 0 Å². The highest BCUT2D eigenvalue weighted by Crippen LogP contribution is 2.37. The minimum Gasteiger partial charge on any atom is -0.461 e. The molecule has 4 aromatic rings. The van der Waals surface area contributed by atoms with Gasteiger partial charge >= 0.3 is 5.97 Å². The molecule has 0 amide bonds. The Hall–Kier alpha value is -1.98. The first kappa shape index (κ1) is 20.3. The third-order valence-corrected chi connectivity index (χ3v) is 6.60. The number of esters is 1. The summed E-state index contributed by atoms with van der Waals surface area (Å²) in [6, 6.07) is 17.2. The molecule has 0 atom stereocenters. The van der Waals surface area contributed by atoms with Crippen LogP contribution in [0.15, 0.2) is 54.6 Å². The van der Waals surface area contributed by atoms with Crippen LogP contribution in [0.3, 0.4) is 0 Å². The summed E-state index contributed by atoms with van der Waals surface area (Å²) >= 11 is 19.9. The molecule has 3 nitrogen and oxygen atoms in total. The van der Waals surface area contributed by atoms with E-state index >= 15 is 0 Å². The van der Waals surface area contributed by atoms with E-state index in [0.717, 1.165) is 31.2 Å². The normalized spacial score (nSPS) is 11.2. The fourth-order valence-corrected chi connectivity index (χ4v) is 4.73. The van der Waals surface area contributed by atoms with Gasteiger partial charge in [0.1, 0.15) is 5.69 Å². The van der Waals surface area contributed by atoms with Crippen LogP contribution in [0.25, 0.3) is 21.3 Å². The Labute approximate surface area is 187 Å². The largest absolute Gasteiger partial charge is 0.461 e. The van der Waals surface area contributed by atoms with Crippen LogP contribution in [0.5, 0.6) is 0 Å². The van der Waals surface area contributed by atoms with E-state index in [4.69, 9.17) is 39.5 Å². The van der Waals surface area contributed by atoms with Crippen LogP contribution in [0.4, 0.5) is 0 Å². The summed E-state index contributed by atoms with van der Waals surface area (Å²) in [5.74, 6) is -0.362. The van der Waals surface area contributed by atoms with Crippen molar-refractivity contribution in [2.24, 2.45) is 0 Å². The van der Waals surface area contributed by atoms with Gasteiger partial charge in [0.25, 0.3) is 0 Å². The summed E-state index contributed by atoms with van der Waals surface area (Å²) in [7, 11) is 0. The van der Waals surface area contributed by atoms with E-state index < -0.39 is 0 Å². The molecule has 0 aliphatic rings. The summed E-state index contributed by atoms with van der Waals surface area (Å²) in [6.45, 7) is 2.56. The number of rotatable bonds is 5. The number of thiophene rings is 1. The van der Waals surface area contributed by atoms with Gasteiger partial charge in [0, 0.05) is 27.9 Å². The Bertz CT molecular complexity index is 1210. The number of hydrogen-bond acceptors (Lipinski definition) is 3. The smallest absolute Gasteiger partial charge is 0.354 e. The lowest BCUT2D eigenvalue weighted by Crippen LogP contribution is -2.12. The Kier molecular flexibility index (Phi) is 5.88. The van der Waals surface area contributed by atoms with Crippen molar-refractivity contribution in [3.8, 4) is 10.4 Å². The molecule has 0 N–H and O–H groups in total. The lowest BCUT2D eigenvalue weighted by atomic mass is 10.1. The van der Waals surface area contributed by atoms with E-state index in [-0.39, 0.29) is 5.97 Å². The fraction of sp³-hybridized carbons (Fsp3) is 0.136. The van der Waals surface area contributed by atoms with Gasteiger partial charge in [-0.05, 0) is 48.9 Å². The molecular formula is C22H16Cl3NO2S. The standard InChI is InChI=1S/C22H16Cl3NO2S/c1-2-28-22(27)19-11-15-14(20-8-9-21(25)29-20)4-3-5-18(15)26(19)12-13-6-7-16(23)17(24)10-13/h3-11H,2,12H2,1H3. The van der Waals surface area contributed by atoms with E-state index in [1.165, 1.54) is 11.3 Å². The molecule has 4 rings (SSSR count). The molecule has 2 aromatic heterocycles. The van der Waals surface area contributed by atoms with Crippen molar-refractivity contribution in [3.05, 3.63) is 80.2 Å². The second-order valence-corrected chi connectivity index (χ2v) is 8.96. The Morgan fingerprint density at radius 3 is 2.55 bits per heavy atom. The number of halogens is 3. The van der Waals surface area contributed by atoms with E-state index in [2.05, 4.69) is 0 Å². The maximum Gasteiger partial charge on any atom is 0.354 e. The van der Waals surface area contributed by atoms with Gasteiger partial charge in [-0.1, -0.05) is 53.0 Å². The molecule has 0 radical (unpaired) electrons. The number of benzene rings is 2. The molecule has 7 heteroatoms. The minimum atomic E-state index is -0.362. The first-order valence-corrected chi connectivity index (χ1v) is 10.9. The number of fused-ring (bicyclic) bond motifs is 1. The van der Waals surface area contributed by atoms with Crippen molar-refractivity contribution in [2.45, 2.75) is 13.5 Å². The summed E-state index contributed by atoms with van der Waals surface area (Å²) in [5.41, 5.74) is 3.38. The van der Waals surface area contributed by atoms with Gasteiger partial charge in [0.2, 0.25) is 0 Å². The zero-order valence-electron chi connectivity index (χ0n) is 15.4. The van der Waals surface area contributed by atoms with Gasteiger partial charge in [-0.15, -0.1) is 11.3 Å². The van der Waals surface area contributed by atoms with Gasteiger partial charge in [0.15, 0.2) is 0 Å². The van der Waals surface area contributed by atoms with Gasteiger partial charge < -0.3 is 9.30 Å². The summed E-state index contributed by atoms with van der Waals surface area (Å²) in [5, 5.41) is 1.94. The Morgan fingerprint density at radius 1 is 1.03 bits per heavy atom. The molecule has 148 valence electrons. The van der Waals surface area contributed by atoms with Gasteiger partial charge in [-0.2, -0.15) is 0 Å². The molecule has 29 heavy (non-hydrogen) atoms. The maximum atomic E-state index is 12.7. The Morgan fingerprint density at radius 2 is 1.86 bits per heavy atom. The zero-order chi connectivity index (χ0) is 20.5. The second kappa shape index (κ2) is 8.41. The molecule has 0 unspecified atom stereocenters. The molecule has 0 aliphatic carbocycles. The molecule has 2 heterocycles. The summed E-state index contributed by atoms with van der Waals surface area (Å²) < 4.78 is 7.97. The van der Waals surface area contributed by atoms with Crippen molar-refractivity contribution < 1.29 is 9.53 Å². The highest BCUT2D eigenvalue weighted by molar-refractivity contribution is 7.19. The zero-order valence-corrected chi connectivity index (χ0v) is 18.5. The quantitative estimate of drug-likeness (QED) is 0.285. The Balaban J connectivity index is 1.89. The number of aromatic nitrogens is 1. The predicted octanol–water partition coefficient (Wildman–Crippen LogP) is 7.56. The number of carbonyl (C=O) groups is 1. The van der Waals surface area contributed by atoms with E-state index in [1.54, 1.807) is 13.0 Å². The second-order valence-electron chi connectivity index (χ2n) is 6.43. The molecule has 2 aromatic carbocycles. The first-order chi connectivity index (χ1) is 14.0. The molecule has 0 saturated carbocycles. The van der Waals surface area contributed by atoms with Crippen LogP contribution in [0.2, 0.25) is 14.4 Å². The minimum absolute atomic E-state index is 0.306. The van der Waals surface area contributed by atoms with Crippen molar-refractivity contribution in [1.29, 1.82) is 0 Å². The molecular weight excluding hydrogens is 449 g/mol. The van der Waals surface area contributed by atoms with E-state index in [0.29, 0.717) is 28.9 Å². The lowest BCUT2D eigenvalue weighted by Gasteiger charge is -2.11. The van der Waals surface area contributed by atoms with Gasteiger partial charge in [-0.3, -0.25) is 0 Å². The topological polar surface area (TPSA) is 31.2 Å². The van der Waals surface area contributed by atoms with Crippen molar-refractivity contribution in [1.82, 2.24) is 4.57 Å². The van der Waals surface area contributed by atoms with Crippen LogP contribution >= 0.6 is 46.1 Å². The van der Waals surface area contributed by atoms with E-state index in [1.807, 2.05) is 53.1 Å². The van der Waals surface area contributed by atoms with E-state index in [9.17, 15) is 4.79 Å². The number of ether oxygens (including phenoxy) is 1. The molecule has 0 aliphatic heterocycles. The highest BCUT2D eigenvalue weighted by Gasteiger charge is 2.20. The third kappa shape index (κ3) is 4.03. The fourth-order valence-electron chi connectivity index (χ4n) is 3.32. The van der Waals surface area contributed by atoms with Gasteiger partial charge in [0.05, 0.1) is 21.0 Å². The van der Waals surface area contributed by atoms with Crippen molar-refractivity contribution in [2.75, 3.05) is 6.61 Å². The lowest BCUT2D eigenvalue weighted by molar-refractivity contribution is 0.0515. The number of hydrogen-bond donors (Lipinski definition) is 0. The monoisotopic (exact) mass is 463 g/mol. The molecule has 0 bridgehead atoms. The molecule has 0 saturated heterocycles. The summed E-state index contributed by atoms with van der Waals surface area (Å²) in [6.07, 6.45) is 0. The molecule has 0 spiro atoms. The number of carbonyl (C=O) groups excluding carboxylic acids is 1. The van der Waals surface area contributed by atoms with Crippen LogP contribution in [0.1, 0.15) is 23.0 Å². The maximum absolute atomic E-state index is 12.7. The van der Waals surface area contributed by atoms with Crippen LogP contribution < -0.4 is 0 Å². The van der Waals surface area contributed by atoms with Crippen molar-refractivity contribution in [3.63, 3.8) is 0 Å². The summed E-state index contributed by atoms with van der Waals surface area (Å²) in [4.78, 5) is 13.7. The highest BCUT2D eigenvalue weighted by atomic mass is 35.5. The SMILES string of the molecule is CCOC(=O)c1cc2c(-c3ccc(Cl)s3)cccc2n1Cc1ccc(Cl)c(Cl)c1. The van der Waals surface area contributed by atoms with Crippen molar-refractivity contribution >= 4 is 63.0 Å². The van der Waals surface area contributed by atoms with Crippen LogP contribution in [-0.2, 0) is 11.3 Å². The first-order valence-electron chi connectivity index (χ1n) is 8.97. The average molecular weight is 465 g/mol. The predicted molar refractivity (Wildman–Crippen MR) is 122 cm³/mol. The molecule has 0 fully saturated rings. The number of nitrogens with zero attached hydrogens (tertiary/aromatic N) is 1. The van der Waals surface area contributed by atoms with Crippen LogP contribution in [-0.4, -0.2) is 17.1 Å². The average Bonchev–Trinajstić information content (AvgIpc) is 3.29. The van der Waals surface area contributed by atoms with Gasteiger partial charge in [-0.25, -0.2) is 4.79 Å². The third-order valence-electron chi connectivity index (χ3n) is 4.59.